The van der Waals surface area contributed by atoms with E-state index >= 15 is 0 Å². The number of anilines is 7. The number of hydrogen-bond donors (Lipinski definition) is 0. The molecule has 0 amide bonds. The van der Waals surface area contributed by atoms with E-state index in [1.54, 1.807) is 0 Å². The second kappa shape index (κ2) is 27.9. The summed E-state index contributed by atoms with van der Waals surface area (Å²) in [6.07, 6.45) is 37.6. The van der Waals surface area contributed by atoms with Crippen molar-refractivity contribution in [1.82, 2.24) is 36.9 Å². The zero-order chi connectivity index (χ0) is 78.9. The molecule has 15 heterocycles. The zero-order valence-corrected chi connectivity index (χ0v) is 73.6. The van der Waals surface area contributed by atoms with Crippen molar-refractivity contribution in [3.05, 3.63) is 128 Å². The average molecular weight is 1500 g/mol. The Hall–Kier alpha value is -6.48. The number of aromatic nitrogens is 7. The molecule has 110 heavy (non-hydrogen) atoms. The summed E-state index contributed by atoms with van der Waals surface area (Å²) in [4.78, 5) is 21.1. The number of nitrogens with zero attached hydrogens (tertiary/aromatic N) is 15. The highest BCUT2D eigenvalue weighted by Crippen LogP contribution is 2.66. The van der Waals surface area contributed by atoms with Crippen LogP contribution in [-0.4, -0.2) is 132 Å². The first-order valence-electron chi connectivity index (χ1n) is 43.9. The predicted octanol–water partition coefficient (Wildman–Crippen LogP) is 19.9. The predicted molar refractivity (Wildman–Crippen MR) is 463 cm³/mol. The van der Waals surface area contributed by atoms with Gasteiger partial charge >= 0.3 is 0 Å². The molecule has 15 heteroatoms. The molecule has 24 atom stereocenters. The lowest BCUT2D eigenvalue weighted by Crippen LogP contribution is -2.56. The SMILES string of the molecule is CC1C(C)C2(C)CC1(C)C(C)N2c1cccn1C.CC1C2CCC(C)(C2)N1c1cccn1C.CC1C2CCC(C2)N1c1cccn1C.CC1CC2(C)CC1(C)C(C)N2c1cccn1C.CC1N(c2cccn2C)C2(C)CCC1(C)C2.CC1N(c2cccn2C)C2CCC1(C)C2.CC1N2CCC(C)(C2)N1c1cccn1C. The molecule has 8 aliphatic heterocycles. The fourth-order valence-electron chi connectivity index (χ4n) is 27.7. The van der Waals surface area contributed by atoms with Crippen LogP contribution in [0.15, 0.2) is 128 Å². The lowest BCUT2D eigenvalue weighted by atomic mass is 9.71. The number of aryl methyl sites for hydroxylation is 7. The molecule has 0 radical (unpaired) electrons. The topological polar surface area (TPSA) is 60.4 Å². The molecule has 14 bridgehead atoms. The molecule has 24 unspecified atom stereocenters. The Kier molecular flexibility index (Phi) is 20.0. The van der Waals surface area contributed by atoms with E-state index in [-0.39, 0.29) is 0 Å². The van der Waals surface area contributed by atoms with E-state index in [0.717, 1.165) is 53.8 Å². The molecule has 15 nitrogen and oxygen atoms in total. The number of hydrogen-bond acceptors (Lipinski definition) is 8. The Bertz CT molecular complexity index is 4290. The summed E-state index contributed by atoms with van der Waals surface area (Å²) in [7, 11) is 15.0. The van der Waals surface area contributed by atoms with Crippen molar-refractivity contribution in [3.8, 4) is 0 Å². The second-order valence-corrected chi connectivity index (χ2v) is 41.5. The van der Waals surface area contributed by atoms with Crippen LogP contribution in [-0.2, 0) is 49.3 Å². The Morgan fingerprint density at radius 1 is 0.327 bits per heavy atom. The van der Waals surface area contributed by atoms with Crippen molar-refractivity contribution in [2.24, 2.45) is 101 Å². The van der Waals surface area contributed by atoms with Gasteiger partial charge in [-0.1, -0.05) is 48.5 Å². The van der Waals surface area contributed by atoms with E-state index in [2.05, 4.69) is 380 Å². The number of fused-ring (bicyclic) bond motifs is 14. The Morgan fingerprint density at radius 3 is 1.22 bits per heavy atom. The van der Waals surface area contributed by atoms with Gasteiger partial charge in [-0.2, -0.15) is 0 Å². The molecule has 0 aromatic carbocycles. The molecule has 604 valence electrons. The van der Waals surface area contributed by atoms with Crippen molar-refractivity contribution >= 4 is 40.7 Å². The molecule has 0 spiro atoms. The van der Waals surface area contributed by atoms with Gasteiger partial charge in [0, 0.05) is 176 Å². The molecule has 8 saturated heterocycles. The molecule has 6 aliphatic carbocycles. The van der Waals surface area contributed by atoms with Crippen LogP contribution >= 0.6 is 0 Å². The average Bonchev–Trinajstić information content (AvgIpc) is 1.54. The summed E-state index contributed by atoms with van der Waals surface area (Å²) >= 11 is 0. The van der Waals surface area contributed by atoms with Crippen molar-refractivity contribution in [3.63, 3.8) is 0 Å². The van der Waals surface area contributed by atoms with Crippen molar-refractivity contribution in [1.29, 1.82) is 0 Å². The maximum atomic E-state index is 2.69. The summed E-state index contributed by atoms with van der Waals surface area (Å²) in [6.45, 7) is 48.6. The second-order valence-electron chi connectivity index (χ2n) is 41.5. The van der Waals surface area contributed by atoms with Crippen LogP contribution < -0.4 is 34.3 Å². The van der Waals surface area contributed by atoms with Gasteiger partial charge in [-0.3, -0.25) is 4.90 Å². The fourth-order valence-corrected chi connectivity index (χ4v) is 27.7. The Balaban J connectivity index is 0.000000102. The van der Waals surface area contributed by atoms with E-state index in [1.165, 1.54) is 157 Å². The molecule has 7 aromatic heterocycles. The van der Waals surface area contributed by atoms with E-state index in [9.17, 15) is 0 Å². The standard InChI is InChI=1S/C16H26N2.C15H24N2.C14H22N2.2C13H20N2.C12H19N3.C12H18N2/c1-11-12(2)16(5)10-15(11,4)13(3)18(16)14-8-7-9-17(14)6;1-11-9-14(3)10-15(11,4)12(2)17(14)13-7-6-8-16(13)5;1-11-13(2)7-8-14(3,10-13)16(11)12-6-5-9-15(12)4;1-10-13(2)7-6-11(9-13)15(10)12-5-4-8-14(12)3;1-10-11-6-7-13(2,9-11)15(10)12-5-4-8-14(12)3;1-10-14-8-6-12(2,9-14)15(10)11-5-4-7-13(11)3;1-9-10-5-6-11(8-10)14(9)12-4-3-7-13(12)2/h7-9,11-13H,10H2,1-6H3;6-8,11-12H,9-10H2,1-5H3;5-6,9,11H,7-8,10H2,1-4H3;2*4-5,8,10-11H,6-7,9H2,1-3H3;4-5,7,10H,6,8-9H2,1-3H3;3-4,7,9-11H,5-6,8H2,1-2H3. The highest BCUT2D eigenvalue weighted by molar-refractivity contribution is 5.55. The highest BCUT2D eigenvalue weighted by Gasteiger charge is 2.67. The molecule has 7 aromatic rings. The lowest BCUT2D eigenvalue weighted by Gasteiger charge is -2.50. The maximum absolute atomic E-state index is 2.69. The molecule has 0 N–H and O–H groups in total. The van der Waals surface area contributed by atoms with E-state index in [4.69, 9.17) is 0 Å². The molecule has 14 fully saturated rings. The third kappa shape index (κ3) is 12.4. The molecule has 6 saturated carbocycles. The van der Waals surface area contributed by atoms with E-state index in [0.29, 0.717) is 79.7 Å². The summed E-state index contributed by atoms with van der Waals surface area (Å²) < 4.78 is 15.8. The smallest absolute Gasteiger partial charge is 0.109 e. The van der Waals surface area contributed by atoms with Gasteiger partial charge in [0.2, 0.25) is 0 Å². The van der Waals surface area contributed by atoms with E-state index < -0.39 is 0 Å². The minimum atomic E-state index is 0.319. The minimum absolute atomic E-state index is 0.319. The quantitative estimate of drug-likeness (QED) is 0.156. The summed E-state index contributed by atoms with van der Waals surface area (Å²) in [5.74, 6) is 14.0. The van der Waals surface area contributed by atoms with Crippen molar-refractivity contribution < 1.29 is 0 Å². The number of rotatable bonds is 7. The van der Waals surface area contributed by atoms with Gasteiger partial charge in [-0.05, 0) is 322 Å². The summed E-state index contributed by atoms with van der Waals surface area (Å²) in [6, 6.07) is 36.5. The van der Waals surface area contributed by atoms with Crippen LogP contribution in [0.25, 0.3) is 0 Å². The molecule has 14 aliphatic rings. The third-order valence-corrected chi connectivity index (χ3v) is 35.1. The first-order chi connectivity index (χ1) is 51.8. The lowest BCUT2D eigenvalue weighted by molar-refractivity contribution is 0.147. The summed E-state index contributed by atoms with van der Waals surface area (Å²) in [5, 5.41) is 0. The van der Waals surface area contributed by atoms with Gasteiger partial charge in [0.1, 0.15) is 40.7 Å². The summed E-state index contributed by atoms with van der Waals surface area (Å²) in [5.41, 5.74) is 3.88. The van der Waals surface area contributed by atoms with Gasteiger partial charge in [-0.15, -0.1) is 0 Å². The van der Waals surface area contributed by atoms with Crippen molar-refractivity contribution in [2.45, 2.75) is 316 Å². The minimum Gasteiger partial charge on any atom is -0.352 e. The monoisotopic (exact) mass is 1500 g/mol. The van der Waals surface area contributed by atoms with Crippen LogP contribution in [0.4, 0.5) is 40.7 Å². The van der Waals surface area contributed by atoms with Gasteiger partial charge in [0.05, 0.1) is 11.7 Å². The molecular formula is C95H149N15. The van der Waals surface area contributed by atoms with Gasteiger partial charge in [-0.25, -0.2) is 0 Å². The molecular weight excluding hydrogens is 1350 g/mol. The normalized spacial score (nSPS) is 41.2. The van der Waals surface area contributed by atoms with Crippen molar-refractivity contribution in [2.75, 3.05) is 47.4 Å². The largest absolute Gasteiger partial charge is 0.352 e. The van der Waals surface area contributed by atoms with Crippen LogP contribution in [0.3, 0.4) is 0 Å². The fraction of sp³-hybridized carbons (Fsp3) is 0.705. The third-order valence-electron chi connectivity index (χ3n) is 35.1. The Labute approximate surface area is 666 Å². The van der Waals surface area contributed by atoms with Crippen LogP contribution in [0.1, 0.15) is 234 Å². The van der Waals surface area contributed by atoms with E-state index in [1.807, 2.05) is 0 Å². The molecule has 21 rings (SSSR count). The highest BCUT2D eigenvalue weighted by atomic mass is 15.5. The van der Waals surface area contributed by atoms with Crippen LogP contribution in [0, 0.1) is 51.2 Å². The first kappa shape index (κ1) is 78.8. The Morgan fingerprint density at radius 2 is 0.809 bits per heavy atom. The van der Waals surface area contributed by atoms with Crippen LogP contribution in [0.5, 0.6) is 0 Å². The zero-order valence-electron chi connectivity index (χ0n) is 73.6. The van der Waals surface area contributed by atoms with Crippen LogP contribution in [0.2, 0.25) is 0 Å². The van der Waals surface area contributed by atoms with Gasteiger partial charge in [0.15, 0.2) is 0 Å². The maximum Gasteiger partial charge on any atom is 0.109 e. The number of piperidine rings is 6. The van der Waals surface area contributed by atoms with Gasteiger partial charge < -0.3 is 66.3 Å². The first-order valence-corrected chi connectivity index (χ1v) is 43.9. The van der Waals surface area contributed by atoms with Gasteiger partial charge in [0.25, 0.3) is 0 Å².